The van der Waals surface area contributed by atoms with Crippen LogP contribution in [0.1, 0.15) is 21.6 Å². The van der Waals surface area contributed by atoms with Crippen molar-refractivity contribution in [2.45, 2.75) is 13.8 Å². The number of hydrogen-bond donors (Lipinski definition) is 3. The predicted molar refractivity (Wildman–Crippen MR) is 72.6 cm³/mol. The average molecular weight is 258 g/mol. The fourth-order valence-corrected chi connectivity index (χ4v) is 1.73. The summed E-state index contributed by atoms with van der Waals surface area (Å²) in [5.74, 6) is -0.348. The Bertz CT molecular complexity index is 689. The van der Waals surface area contributed by atoms with Gasteiger partial charge in [-0.2, -0.15) is 0 Å². The number of nitrogens with one attached hydrogen (secondary N) is 2. The summed E-state index contributed by atoms with van der Waals surface area (Å²) in [6.45, 7) is 3.50. The van der Waals surface area contributed by atoms with Crippen molar-refractivity contribution < 1.29 is 9.90 Å². The molecule has 0 fully saturated rings. The number of benzene rings is 1. The monoisotopic (exact) mass is 258 g/mol. The number of phenols is 1. The average Bonchev–Trinajstić information content (AvgIpc) is 2.32. The lowest BCUT2D eigenvalue weighted by Crippen LogP contribution is -2.23. The molecule has 1 heterocycles. The molecule has 0 bridgehead atoms. The lowest BCUT2D eigenvalue weighted by Gasteiger charge is -2.08. The summed E-state index contributed by atoms with van der Waals surface area (Å²) in [5.41, 5.74) is 1.61. The molecule has 2 rings (SSSR count). The van der Waals surface area contributed by atoms with Crippen LogP contribution in [0.2, 0.25) is 0 Å². The first-order valence-electron chi connectivity index (χ1n) is 5.78. The van der Waals surface area contributed by atoms with E-state index in [1.807, 2.05) is 0 Å². The van der Waals surface area contributed by atoms with Gasteiger partial charge in [-0.15, -0.1) is 0 Å². The molecule has 5 nitrogen and oxygen atoms in total. The molecular weight excluding hydrogens is 244 g/mol. The molecule has 19 heavy (non-hydrogen) atoms. The number of anilines is 1. The lowest BCUT2D eigenvalue weighted by atomic mass is 10.1. The Morgan fingerprint density at radius 1 is 1.21 bits per heavy atom. The van der Waals surface area contributed by atoms with Crippen molar-refractivity contribution in [2.75, 3.05) is 5.32 Å². The highest BCUT2D eigenvalue weighted by molar-refractivity contribution is 6.04. The Labute approximate surface area is 109 Å². The quantitative estimate of drug-likeness (QED) is 0.720. The molecule has 0 saturated carbocycles. The predicted octanol–water partition coefficient (Wildman–Crippen LogP) is 1.95. The lowest BCUT2D eigenvalue weighted by molar-refractivity contribution is 0.102. The van der Waals surface area contributed by atoms with Crippen LogP contribution in [0.15, 0.2) is 35.1 Å². The van der Waals surface area contributed by atoms with Gasteiger partial charge in [-0.1, -0.05) is 0 Å². The third-order valence-electron chi connectivity index (χ3n) is 2.76. The number of aromatic hydroxyl groups is 1. The normalized spacial score (nSPS) is 10.2. The summed E-state index contributed by atoms with van der Waals surface area (Å²) >= 11 is 0. The molecule has 0 saturated heterocycles. The van der Waals surface area contributed by atoms with E-state index in [1.165, 1.54) is 18.2 Å². The van der Waals surface area contributed by atoms with Gasteiger partial charge in [0.1, 0.15) is 11.3 Å². The van der Waals surface area contributed by atoms with Crippen molar-refractivity contribution in [1.29, 1.82) is 0 Å². The van der Waals surface area contributed by atoms with Crippen molar-refractivity contribution >= 4 is 11.6 Å². The number of carbonyl (C=O) groups excluding carboxylic acids is 1. The van der Waals surface area contributed by atoms with Crippen LogP contribution in [0.3, 0.4) is 0 Å². The molecule has 1 amide bonds. The number of carbonyl (C=O) groups is 1. The Balaban J connectivity index is 2.28. The third kappa shape index (κ3) is 2.82. The number of aryl methyl sites for hydroxylation is 2. The van der Waals surface area contributed by atoms with E-state index in [9.17, 15) is 14.7 Å². The number of pyridine rings is 1. The summed E-state index contributed by atoms with van der Waals surface area (Å²) in [7, 11) is 0. The van der Waals surface area contributed by atoms with Gasteiger partial charge in [-0.25, -0.2) is 0 Å². The van der Waals surface area contributed by atoms with Crippen LogP contribution in [0, 0.1) is 13.8 Å². The zero-order valence-electron chi connectivity index (χ0n) is 10.7. The Morgan fingerprint density at radius 2 is 1.95 bits per heavy atom. The molecular formula is C14H14N2O3. The van der Waals surface area contributed by atoms with E-state index in [1.54, 1.807) is 26.0 Å². The number of hydrogen-bond acceptors (Lipinski definition) is 3. The molecule has 0 unspecified atom stereocenters. The highest BCUT2D eigenvalue weighted by Crippen LogP contribution is 2.20. The van der Waals surface area contributed by atoms with E-state index >= 15 is 0 Å². The number of aromatic nitrogens is 1. The third-order valence-corrected chi connectivity index (χ3v) is 2.76. The maximum absolute atomic E-state index is 12.0. The van der Waals surface area contributed by atoms with Gasteiger partial charge >= 0.3 is 0 Å². The van der Waals surface area contributed by atoms with Gasteiger partial charge in [0, 0.05) is 11.4 Å². The fraction of sp³-hybridized carbons (Fsp3) is 0.143. The first kappa shape index (κ1) is 12.9. The van der Waals surface area contributed by atoms with Gasteiger partial charge in [-0.3, -0.25) is 9.59 Å². The van der Waals surface area contributed by atoms with E-state index < -0.39 is 11.5 Å². The number of aromatic amines is 1. The van der Waals surface area contributed by atoms with Crippen LogP contribution in [0.4, 0.5) is 5.69 Å². The first-order chi connectivity index (χ1) is 8.97. The molecule has 3 N–H and O–H groups in total. The molecule has 0 aliphatic heterocycles. The van der Waals surface area contributed by atoms with Gasteiger partial charge in [0.25, 0.3) is 11.5 Å². The molecule has 0 radical (unpaired) electrons. The second-order valence-corrected chi connectivity index (χ2v) is 4.34. The van der Waals surface area contributed by atoms with Crippen LogP contribution in [-0.2, 0) is 0 Å². The number of H-pyrrole nitrogens is 1. The van der Waals surface area contributed by atoms with E-state index in [0.717, 1.165) is 5.56 Å². The molecule has 1 aromatic carbocycles. The Hall–Kier alpha value is -2.56. The summed E-state index contributed by atoms with van der Waals surface area (Å²) in [6, 6.07) is 7.75. The Kier molecular flexibility index (Phi) is 3.37. The van der Waals surface area contributed by atoms with Gasteiger partial charge in [0.15, 0.2) is 0 Å². The highest BCUT2D eigenvalue weighted by Gasteiger charge is 2.11. The maximum atomic E-state index is 12.0. The van der Waals surface area contributed by atoms with Crippen molar-refractivity contribution in [3.63, 3.8) is 0 Å². The highest BCUT2D eigenvalue weighted by atomic mass is 16.3. The van der Waals surface area contributed by atoms with E-state index in [0.29, 0.717) is 11.4 Å². The molecule has 0 spiro atoms. The molecule has 0 aliphatic carbocycles. The summed E-state index contributed by atoms with van der Waals surface area (Å²) in [5, 5.41) is 11.9. The molecule has 98 valence electrons. The summed E-state index contributed by atoms with van der Waals surface area (Å²) in [4.78, 5) is 26.2. The molecule has 2 aromatic rings. The van der Waals surface area contributed by atoms with Crippen molar-refractivity contribution in [3.8, 4) is 5.75 Å². The van der Waals surface area contributed by atoms with Gasteiger partial charge in [0.2, 0.25) is 0 Å². The molecule has 5 heteroatoms. The van der Waals surface area contributed by atoms with Gasteiger partial charge in [0.05, 0.1) is 0 Å². The molecule has 0 atom stereocenters. The molecule has 1 aromatic heterocycles. The minimum absolute atomic E-state index is 0.0538. The van der Waals surface area contributed by atoms with Crippen LogP contribution < -0.4 is 10.9 Å². The topological polar surface area (TPSA) is 82.2 Å². The van der Waals surface area contributed by atoms with Crippen LogP contribution in [0.5, 0.6) is 5.75 Å². The van der Waals surface area contributed by atoms with Gasteiger partial charge < -0.3 is 15.4 Å². The minimum Gasteiger partial charge on any atom is -0.508 e. The summed E-state index contributed by atoms with van der Waals surface area (Å²) < 4.78 is 0. The number of phenolic OH excluding ortho intramolecular Hbond substituents is 1. The smallest absolute Gasteiger partial charge is 0.261 e. The van der Waals surface area contributed by atoms with E-state index in [-0.39, 0.29) is 11.3 Å². The maximum Gasteiger partial charge on any atom is 0.261 e. The second-order valence-electron chi connectivity index (χ2n) is 4.34. The van der Waals surface area contributed by atoms with E-state index in [2.05, 4.69) is 10.3 Å². The van der Waals surface area contributed by atoms with Gasteiger partial charge in [-0.05, 0) is 49.7 Å². The fourth-order valence-electron chi connectivity index (χ4n) is 1.73. The van der Waals surface area contributed by atoms with Crippen LogP contribution in [0.25, 0.3) is 0 Å². The van der Waals surface area contributed by atoms with E-state index in [4.69, 9.17) is 0 Å². The Morgan fingerprint density at radius 3 is 2.58 bits per heavy atom. The van der Waals surface area contributed by atoms with Crippen LogP contribution in [-0.4, -0.2) is 16.0 Å². The minimum atomic E-state index is -0.477. The second kappa shape index (κ2) is 4.97. The standard InChI is InChI=1S/C14H14N2O3/c1-8-7-10(17)4-6-12(8)16-14(19)11-5-3-9(2)15-13(11)18/h3-7,17H,1-2H3,(H,15,18)(H,16,19). The first-order valence-corrected chi connectivity index (χ1v) is 5.78. The zero-order chi connectivity index (χ0) is 14.0. The number of rotatable bonds is 2. The van der Waals surface area contributed by atoms with Crippen molar-refractivity contribution in [3.05, 3.63) is 57.5 Å². The molecule has 0 aliphatic rings. The number of amides is 1. The largest absolute Gasteiger partial charge is 0.508 e. The zero-order valence-corrected chi connectivity index (χ0v) is 10.7. The van der Waals surface area contributed by atoms with Crippen molar-refractivity contribution in [1.82, 2.24) is 4.98 Å². The van der Waals surface area contributed by atoms with Crippen LogP contribution >= 0.6 is 0 Å². The van der Waals surface area contributed by atoms with Crippen molar-refractivity contribution in [2.24, 2.45) is 0 Å². The SMILES string of the molecule is Cc1ccc(C(=O)Nc2ccc(O)cc2C)c(=O)[nH]1. The summed E-state index contributed by atoms with van der Waals surface area (Å²) in [6.07, 6.45) is 0.